The van der Waals surface area contributed by atoms with E-state index in [2.05, 4.69) is 15.9 Å². The van der Waals surface area contributed by atoms with Gasteiger partial charge in [0.25, 0.3) is 5.91 Å². The summed E-state index contributed by atoms with van der Waals surface area (Å²) >= 11 is 3.25. The Bertz CT molecular complexity index is 738. The van der Waals surface area contributed by atoms with Crippen molar-refractivity contribution in [3.05, 3.63) is 58.3 Å². The maximum Gasteiger partial charge on any atom is 0.256 e. The van der Waals surface area contributed by atoms with Gasteiger partial charge in [-0.15, -0.1) is 0 Å². The quantitative estimate of drug-likeness (QED) is 0.818. The number of hydrogen-bond donors (Lipinski definition) is 0. The maximum absolute atomic E-state index is 13.8. The Morgan fingerprint density at radius 2 is 2.04 bits per heavy atom. The van der Waals surface area contributed by atoms with Crippen molar-refractivity contribution in [2.45, 2.75) is 6.10 Å². The second-order valence-corrected chi connectivity index (χ2v) is 6.22. The van der Waals surface area contributed by atoms with Gasteiger partial charge in [-0.05, 0) is 30.3 Å². The Hall–Kier alpha value is -2.08. The van der Waals surface area contributed by atoms with Gasteiger partial charge in [-0.25, -0.2) is 4.39 Å². The standard InChI is InChI=1S/C17H15BrFNO3/c1-20(17(21)13-8-11(18)6-7-14(13)19)9-12-10-22-15-4-2-3-5-16(15)23-12/h2-8,12H,9-10H2,1H3/t12-/m0/s1. The van der Waals surface area contributed by atoms with Crippen molar-refractivity contribution in [2.75, 3.05) is 20.2 Å². The molecule has 6 heteroatoms. The average molecular weight is 380 g/mol. The molecule has 0 spiro atoms. The molecule has 1 aliphatic heterocycles. The summed E-state index contributed by atoms with van der Waals surface area (Å²) in [6.45, 7) is 0.648. The van der Waals surface area contributed by atoms with Crippen molar-refractivity contribution in [3.8, 4) is 11.5 Å². The summed E-state index contributed by atoms with van der Waals surface area (Å²) in [5.74, 6) is 0.400. The second-order valence-electron chi connectivity index (χ2n) is 5.31. The van der Waals surface area contributed by atoms with Gasteiger partial charge in [0.05, 0.1) is 12.1 Å². The molecule has 2 aromatic rings. The summed E-state index contributed by atoms with van der Waals surface area (Å²) < 4.78 is 25.9. The Kier molecular flexibility index (Phi) is 4.52. The first-order valence-electron chi connectivity index (χ1n) is 7.13. The first-order chi connectivity index (χ1) is 11.0. The molecule has 0 fully saturated rings. The van der Waals surface area contributed by atoms with Crippen LogP contribution in [0.5, 0.6) is 11.5 Å². The second kappa shape index (κ2) is 6.58. The van der Waals surface area contributed by atoms with Crippen LogP contribution >= 0.6 is 15.9 Å². The number of amides is 1. The van der Waals surface area contributed by atoms with E-state index in [-0.39, 0.29) is 11.7 Å². The monoisotopic (exact) mass is 379 g/mol. The van der Waals surface area contributed by atoms with E-state index in [1.54, 1.807) is 13.1 Å². The zero-order valence-electron chi connectivity index (χ0n) is 12.5. The fraction of sp³-hybridized carbons (Fsp3) is 0.235. The third kappa shape index (κ3) is 3.47. The van der Waals surface area contributed by atoms with Crippen molar-refractivity contribution in [3.63, 3.8) is 0 Å². The van der Waals surface area contributed by atoms with E-state index < -0.39 is 11.7 Å². The molecule has 1 aliphatic rings. The summed E-state index contributed by atoms with van der Waals surface area (Å²) in [7, 11) is 1.62. The van der Waals surface area contributed by atoms with Gasteiger partial charge in [0.1, 0.15) is 12.4 Å². The smallest absolute Gasteiger partial charge is 0.256 e. The number of fused-ring (bicyclic) bond motifs is 1. The lowest BCUT2D eigenvalue weighted by atomic mass is 10.2. The number of rotatable bonds is 3. The van der Waals surface area contributed by atoms with E-state index in [9.17, 15) is 9.18 Å². The molecule has 23 heavy (non-hydrogen) atoms. The number of ether oxygens (including phenoxy) is 2. The zero-order chi connectivity index (χ0) is 16.4. The molecule has 0 unspecified atom stereocenters. The fourth-order valence-corrected chi connectivity index (χ4v) is 2.77. The number of para-hydroxylation sites is 2. The molecule has 120 valence electrons. The van der Waals surface area contributed by atoms with Crippen molar-refractivity contribution >= 4 is 21.8 Å². The molecule has 2 aromatic carbocycles. The minimum Gasteiger partial charge on any atom is -0.486 e. The molecule has 0 saturated carbocycles. The van der Waals surface area contributed by atoms with Gasteiger partial charge in [0, 0.05) is 11.5 Å². The highest BCUT2D eigenvalue weighted by atomic mass is 79.9. The highest BCUT2D eigenvalue weighted by Crippen LogP contribution is 2.31. The number of benzene rings is 2. The number of halogens is 2. The van der Waals surface area contributed by atoms with Crippen LogP contribution in [0.1, 0.15) is 10.4 Å². The van der Waals surface area contributed by atoms with Crippen LogP contribution in [0.4, 0.5) is 4.39 Å². The van der Waals surface area contributed by atoms with Crippen LogP contribution in [-0.2, 0) is 0 Å². The number of carbonyl (C=O) groups excluding carboxylic acids is 1. The van der Waals surface area contributed by atoms with E-state index in [4.69, 9.17) is 9.47 Å². The van der Waals surface area contributed by atoms with Crippen molar-refractivity contribution in [1.29, 1.82) is 0 Å². The van der Waals surface area contributed by atoms with E-state index in [1.165, 1.54) is 17.0 Å². The molecular formula is C17H15BrFNO3. The van der Waals surface area contributed by atoms with Gasteiger partial charge in [0.15, 0.2) is 17.6 Å². The lowest BCUT2D eigenvalue weighted by Gasteiger charge is -2.29. The van der Waals surface area contributed by atoms with Gasteiger partial charge >= 0.3 is 0 Å². The number of nitrogens with zero attached hydrogens (tertiary/aromatic N) is 1. The maximum atomic E-state index is 13.8. The lowest BCUT2D eigenvalue weighted by Crippen LogP contribution is -2.42. The summed E-state index contributed by atoms with van der Waals surface area (Å²) in [5.41, 5.74) is 0.0269. The predicted octanol–water partition coefficient (Wildman–Crippen LogP) is 3.50. The van der Waals surface area contributed by atoms with Crippen molar-refractivity contribution < 1.29 is 18.7 Å². The molecule has 0 aliphatic carbocycles. The average Bonchev–Trinajstić information content (AvgIpc) is 2.56. The van der Waals surface area contributed by atoms with E-state index >= 15 is 0 Å². The largest absolute Gasteiger partial charge is 0.486 e. The topological polar surface area (TPSA) is 38.8 Å². The highest BCUT2D eigenvalue weighted by molar-refractivity contribution is 9.10. The third-order valence-corrected chi connectivity index (χ3v) is 4.04. The van der Waals surface area contributed by atoms with Crippen molar-refractivity contribution in [1.82, 2.24) is 4.90 Å². The van der Waals surface area contributed by atoms with Gasteiger partial charge in [-0.3, -0.25) is 4.79 Å². The van der Waals surface area contributed by atoms with Crippen LogP contribution in [0.3, 0.4) is 0 Å². The van der Waals surface area contributed by atoms with E-state index in [1.807, 2.05) is 24.3 Å². The normalized spacial score (nSPS) is 16.0. The van der Waals surface area contributed by atoms with Gasteiger partial charge in [0.2, 0.25) is 0 Å². The first kappa shape index (κ1) is 15.8. The molecule has 3 rings (SSSR count). The van der Waals surface area contributed by atoms with Crippen LogP contribution in [0.25, 0.3) is 0 Å². The Balaban J connectivity index is 1.69. The number of hydrogen-bond acceptors (Lipinski definition) is 3. The Morgan fingerprint density at radius 1 is 1.30 bits per heavy atom. The molecule has 1 heterocycles. The van der Waals surface area contributed by atoms with Crippen LogP contribution < -0.4 is 9.47 Å². The third-order valence-electron chi connectivity index (χ3n) is 3.55. The van der Waals surface area contributed by atoms with Crippen LogP contribution in [0.2, 0.25) is 0 Å². The van der Waals surface area contributed by atoms with Crippen LogP contribution in [0, 0.1) is 5.82 Å². The van der Waals surface area contributed by atoms with Gasteiger partial charge in [-0.2, -0.15) is 0 Å². The molecule has 0 radical (unpaired) electrons. The Labute approximate surface area is 141 Å². The van der Waals surface area contributed by atoms with E-state index in [0.29, 0.717) is 29.1 Å². The number of carbonyl (C=O) groups is 1. The van der Waals surface area contributed by atoms with Crippen molar-refractivity contribution in [2.24, 2.45) is 0 Å². The summed E-state index contributed by atoms with van der Waals surface area (Å²) in [4.78, 5) is 13.8. The van der Waals surface area contributed by atoms with Gasteiger partial charge < -0.3 is 14.4 Å². The van der Waals surface area contributed by atoms with E-state index in [0.717, 1.165) is 0 Å². The fourth-order valence-electron chi connectivity index (χ4n) is 2.41. The summed E-state index contributed by atoms with van der Waals surface area (Å²) in [5, 5.41) is 0. The lowest BCUT2D eigenvalue weighted by molar-refractivity contribution is 0.0518. The summed E-state index contributed by atoms with van der Waals surface area (Å²) in [6, 6.07) is 11.7. The number of likely N-dealkylation sites (N-methyl/N-ethyl adjacent to an activating group) is 1. The molecule has 0 aromatic heterocycles. The molecule has 0 N–H and O–H groups in total. The Morgan fingerprint density at radius 3 is 2.83 bits per heavy atom. The first-order valence-corrected chi connectivity index (χ1v) is 7.93. The zero-order valence-corrected chi connectivity index (χ0v) is 14.0. The molecule has 0 saturated heterocycles. The molecule has 4 nitrogen and oxygen atoms in total. The highest BCUT2D eigenvalue weighted by Gasteiger charge is 2.25. The molecular weight excluding hydrogens is 365 g/mol. The molecule has 0 bridgehead atoms. The minimum atomic E-state index is -0.545. The SMILES string of the molecule is CN(C[C@H]1COc2ccccc2O1)C(=O)c1cc(Br)ccc1F. The predicted molar refractivity (Wildman–Crippen MR) is 87.4 cm³/mol. The summed E-state index contributed by atoms with van der Waals surface area (Å²) in [6.07, 6.45) is -0.297. The molecule has 1 atom stereocenters. The molecule has 1 amide bonds. The van der Waals surface area contributed by atoms with Gasteiger partial charge in [-0.1, -0.05) is 28.1 Å². The van der Waals surface area contributed by atoms with Crippen LogP contribution in [-0.4, -0.2) is 37.1 Å². The minimum absolute atomic E-state index is 0.0269. The van der Waals surface area contributed by atoms with Crippen LogP contribution in [0.15, 0.2) is 46.9 Å².